The van der Waals surface area contributed by atoms with Crippen LogP contribution in [0.3, 0.4) is 0 Å². The second-order valence-corrected chi connectivity index (χ2v) is 19.7. The number of ether oxygens (including phenoxy) is 1. The first-order valence-electron chi connectivity index (χ1n) is 21.9. The van der Waals surface area contributed by atoms with E-state index in [-0.39, 0.29) is 97.7 Å². The molecule has 2 saturated heterocycles. The number of halogens is 4. The molecule has 6 heterocycles. The molecule has 9 rings (SSSR count). The van der Waals surface area contributed by atoms with Gasteiger partial charge in [0.2, 0.25) is 17.7 Å². The van der Waals surface area contributed by atoms with Gasteiger partial charge in [-0.1, -0.05) is 62.3 Å². The van der Waals surface area contributed by atoms with Gasteiger partial charge < -0.3 is 30.9 Å². The third-order valence-corrected chi connectivity index (χ3v) is 13.2. The Morgan fingerprint density at radius 2 is 1.08 bits per heavy atom. The molecular weight excluding hydrogens is 976 g/mol. The highest BCUT2D eigenvalue weighted by molar-refractivity contribution is 6.31. The van der Waals surface area contributed by atoms with Gasteiger partial charge in [0.1, 0.15) is 39.7 Å². The maximum Gasteiger partial charge on any atom is 0.410 e. The van der Waals surface area contributed by atoms with Crippen molar-refractivity contribution in [3.63, 3.8) is 0 Å². The topological polar surface area (TPSA) is 217 Å². The van der Waals surface area contributed by atoms with Gasteiger partial charge in [-0.25, -0.2) is 18.4 Å². The first-order chi connectivity index (χ1) is 32.9. The highest BCUT2D eigenvalue weighted by Crippen LogP contribution is 2.42. The first-order valence-corrected chi connectivity index (χ1v) is 22.7. The Bertz CT molecular complexity index is 3060. The fraction of sp³-hybridized carbons (Fsp3) is 0.380. The van der Waals surface area contributed by atoms with Crippen molar-refractivity contribution in [1.29, 1.82) is 0 Å². The quantitative estimate of drug-likeness (QED) is 0.165. The van der Waals surface area contributed by atoms with Gasteiger partial charge in [-0.15, -0.1) is 0 Å². The summed E-state index contributed by atoms with van der Waals surface area (Å²) in [6.45, 7) is 17.2. The molecule has 0 aliphatic carbocycles. The number of benzene rings is 3. The molecule has 4 aliphatic heterocycles. The number of carbonyl (C=O) groups is 6. The van der Waals surface area contributed by atoms with E-state index in [1.165, 1.54) is 55.1 Å². The van der Waals surface area contributed by atoms with E-state index in [1.54, 1.807) is 69.1 Å². The molecule has 4 aliphatic rings. The molecule has 0 saturated carbocycles. The Kier molecular flexibility index (Phi) is 15.0. The van der Waals surface area contributed by atoms with Crippen molar-refractivity contribution in [1.82, 2.24) is 39.2 Å². The van der Waals surface area contributed by atoms with E-state index in [9.17, 15) is 37.5 Å². The highest BCUT2D eigenvalue weighted by atomic mass is 35.5. The zero-order valence-corrected chi connectivity index (χ0v) is 40.2. The zero-order chi connectivity index (χ0) is 50.8. The molecule has 2 aromatic heterocycles. The van der Waals surface area contributed by atoms with Crippen LogP contribution >= 0.6 is 23.2 Å². The third kappa shape index (κ3) is 10.1. The summed E-state index contributed by atoms with van der Waals surface area (Å²) in [6.07, 6.45) is -0.442. The number of carbonyl (C=O) groups excluding carboxylic acids is 6. The lowest BCUT2D eigenvalue weighted by Gasteiger charge is -2.54. The molecule has 2 fully saturated rings. The molecular formula is C50H55Cl2F2N11O7. The normalized spacial score (nSPS) is 15.8. The van der Waals surface area contributed by atoms with Gasteiger partial charge in [0.05, 0.1) is 65.2 Å². The van der Waals surface area contributed by atoms with Crippen LogP contribution in [0.25, 0.3) is 27.4 Å². The average molecular weight is 1030 g/mol. The van der Waals surface area contributed by atoms with Crippen LogP contribution in [0.1, 0.15) is 87.1 Å². The summed E-state index contributed by atoms with van der Waals surface area (Å²) in [6, 6.07) is 14.8. The predicted molar refractivity (Wildman–Crippen MR) is 265 cm³/mol. The lowest BCUT2D eigenvalue weighted by Crippen LogP contribution is -2.70. The van der Waals surface area contributed by atoms with E-state index in [0.717, 1.165) is 5.56 Å². The van der Waals surface area contributed by atoms with Crippen molar-refractivity contribution in [3.8, 4) is 22.5 Å². The third-order valence-electron chi connectivity index (χ3n) is 12.6. The van der Waals surface area contributed by atoms with Crippen LogP contribution in [0.2, 0.25) is 10.0 Å². The minimum absolute atomic E-state index is 0. The summed E-state index contributed by atoms with van der Waals surface area (Å²) in [7, 11) is 0. The largest absolute Gasteiger partial charge is 0.444 e. The molecule has 22 heteroatoms. The standard InChI is InChI=1S/C26H22ClFN6O3.C22H25ClFN5O4.2CH4/c1-15(35)33-13-26(14-33)12-32(22(36)9-16-3-6-18(30-2)7-4-16)11-21-23(25(29)37)24(31-34(21)26)17-5-8-20(28)19(27)10-17;1-12(30)28-10-22(11-28)9-27(20(32)33-21(2,3)4)8-16-17(19(25)31)18(26-29(16)22)13-5-6-15(24)14(23)7-13;;/h3-8,10H,9,11-14H2,1H3,(H2,29,37);5-7H,8-11H2,1-4H3,(H2,25,31);2*1H4. The van der Waals surface area contributed by atoms with Crippen LogP contribution in [-0.4, -0.2) is 120 Å². The SMILES string of the molecule is C.C.CC(=O)N1CC2(C1)CN(C(=O)OC(C)(C)C)Cc1c(C(N)=O)c(-c3ccc(F)c(Cl)c3)nn12.[C-]#[N+]c1ccc(CC(=O)N2Cc3c(C(N)=O)c(-c4ccc(F)c(Cl)c4)nn3C3(CN(C(C)=O)C3)C2)cc1. The molecule has 2 spiro atoms. The van der Waals surface area contributed by atoms with Crippen molar-refractivity contribution < 1.29 is 42.3 Å². The first kappa shape index (κ1) is 54.0. The Morgan fingerprint density at radius 1 is 0.681 bits per heavy atom. The predicted octanol–water partition coefficient (Wildman–Crippen LogP) is 7.16. The van der Waals surface area contributed by atoms with Crippen molar-refractivity contribution >= 4 is 64.5 Å². The molecule has 4 N–H and O–H groups in total. The monoisotopic (exact) mass is 1030 g/mol. The Hall–Kier alpha value is -7.37. The average Bonchev–Trinajstić information content (AvgIpc) is 3.86. The number of aromatic nitrogens is 4. The molecule has 72 heavy (non-hydrogen) atoms. The molecule has 3 aromatic carbocycles. The number of likely N-dealkylation sites (tertiary alicyclic amines) is 2. The summed E-state index contributed by atoms with van der Waals surface area (Å²) in [5, 5.41) is 9.13. The van der Waals surface area contributed by atoms with E-state index >= 15 is 0 Å². The smallest absolute Gasteiger partial charge is 0.410 e. The van der Waals surface area contributed by atoms with Gasteiger partial charge in [0, 0.05) is 57.7 Å². The van der Waals surface area contributed by atoms with E-state index in [0.29, 0.717) is 54.4 Å². The van der Waals surface area contributed by atoms with Gasteiger partial charge in [0.25, 0.3) is 11.8 Å². The van der Waals surface area contributed by atoms with Crippen molar-refractivity contribution in [2.24, 2.45) is 11.5 Å². The van der Waals surface area contributed by atoms with Crippen LogP contribution in [-0.2, 0) is 49.7 Å². The molecule has 18 nitrogen and oxygen atoms in total. The maximum atomic E-state index is 13.8. The minimum Gasteiger partial charge on any atom is -0.444 e. The molecule has 380 valence electrons. The van der Waals surface area contributed by atoms with E-state index in [2.05, 4.69) is 9.94 Å². The maximum absolute atomic E-state index is 13.8. The number of fused-ring (bicyclic) bond motifs is 4. The second kappa shape index (κ2) is 20.0. The Labute approximate surface area is 425 Å². The number of hydrogen-bond donors (Lipinski definition) is 2. The molecule has 0 radical (unpaired) electrons. The van der Waals surface area contributed by atoms with E-state index in [4.69, 9.17) is 51.1 Å². The molecule has 0 atom stereocenters. The Morgan fingerprint density at radius 3 is 1.46 bits per heavy atom. The van der Waals surface area contributed by atoms with Crippen molar-refractivity contribution in [3.05, 3.63) is 122 Å². The van der Waals surface area contributed by atoms with Crippen LogP contribution < -0.4 is 11.5 Å². The van der Waals surface area contributed by atoms with Crippen LogP contribution in [0.15, 0.2) is 60.7 Å². The van der Waals surface area contributed by atoms with Crippen molar-refractivity contribution in [2.45, 2.75) is 85.7 Å². The van der Waals surface area contributed by atoms with Gasteiger partial charge >= 0.3 is 6.09 Å². The molecule has 0 unspecified atom stereocenters. The lowest BCUT2D eigenvalue weighted by atomic mass is 9.86. The van der Waals surface area contributed by atoms with Gasteiger partial charge in [-0.3, -0.25) is 38.2 Å². The molecule has 6 amide bonds. The zero-order valence-electron chi connectivity index (χ0n) is 38.7. The number of rotatable bonds is 6. The summed E-state index contributed by atoms with van der Waals surface area (Å²) in [4.78, 5) is 85.2. The number of hydrogen-bond acceptors (Lipinski definition) is 9. The fourth-order valence-corrected chi connectivity index (χ4v) is 9.72. The second-order valence-electron chi connectivity index (χ2n) is 18.9. The lowest BCUT2D eigenvalue weighted by molar-refractivity contribution is -0.147. The summed E-state index contributed by atoms with van der Waals surface area (Å²) >= 11 is 12.0. The summed E-state index contributed by atoms with van der Waals surface area (Å²) < 4.78 is 36.5. The number of nitrogens with two attached hydrogens (primary N) is 2. The van der Waals surface area contributed by atoms with E-state index in [1.807, 2.05) is 0 Å². The fourth-order valence-electron chi connectivity index (χ4n) is 9.36. The number of nitrogens with zero attached hydrogens (tertiary/aromatic N) is 9. The molecule has 0 bridgehead atoms. The van der Waals surface area contributed by atoms with Crippen molar-refractivity contribution in [2.75, 3.05) is 39.3 Å². The van der Waals surface area contributed by atoms with Gasteiger partial charge in [-0.2, -0.15) is 10.2 Å². The van der Waals surface area contributed by atoms with Crippen LogP contribution in [0, 0.1) is 18.2 Å². The van der Waals surface area contributed by atoms with Crippen LogP contribution in [0.4, 0.5) is 19.3 Å². The summed E-state index contributed by atoms with van der Waals surface area (Å²) in [5.74, 6) is -3.08. The van der Waals surface area contributed by atoms with Crippen LogP contribution in [0.5, 0.6) is 0 Å². The van der Waals surface area contributed by atoms with E-state index < -0.39 is 46.2 Å². The highest BCUT2D eigenvalue weighted by Gasteiger charge is 2.55. The number of primary amides is 2. The number of amides is 6. The minimum atomic E-state index is -0.748. The molecule has 5 aromatic rings. The van der Waals surface area contributed by atoms with Gasteiger partial charge in [-0.05, 0) is 62.7 Å². The Balaban J connectivity index is 0.000000230. The summed E-state index contributed by atoms with van der Waals surface area (Å²) in [5.41, 5.74) is 13.0. The van der Waals surface area contributed by atoms with Gasteiger partial charge in [0.15, 0.2) is 5.69 Å².